The fourth-order valence-corrected chi connectivity index (χ4v) is 4.02. The first-order valence-electron chi connectivity index (χ1n) is 11.5. The van der Waals surface area contributed by atoms with Gasteiger partial charge in [0.05, 0.1) is 17.8 Å². The predicted octanol–water partition coefficient (Wildman–Crippen LogP) is 4.47. The molecule has 1 aromatic carbocycles. The van der Waals surface area contributed by atoms with Crippen LogP contribution >= 0.6 is 0 Å². The number of anilines is 1. The maximum Gasteiger partial charge on any atom is 0.247 e. The lowest BCUT2D eigenvalue weighted by Gasteiger charge is -2.23. The molecule has 0 bridgehead atoms. The number of halogens is 1. The summed E-state index contributed by atoms with van der Waals surface area (Å²) < 4.78 is 16.2. The maximum atomic E-state index is 14.5. The SMILES string of the molecule is CC(CNC(C(=O)Nc1ccc(-c2cnn(C)c2)cn1)C1=CCCC=C1)c1ccc(C#N)cc1F. The van der Waals surface area contributed by atoms with Gasteiger partial charge in [-0.25, -0.2) is 9.37 Å². The molecule has 2 atom stereocenters. The van der Waals surface area contributed by atoms with Gasteiger partial charge in [0.25, 0.3) is 0 Å². The van der Waals surface area contributed by atoms with Crippen LogP contribution < -0.4 is 10.6 Å². The third-order valence-corrected chi connectivity index (χ3v) is 5.96. The van der Waals surface area contributed by atoms with Crippen molar-refractivity contribution >= 4 is 11.7 Å². The molecule has 1 aliphatic rings. The zero-order chi connectivity index (χ0) is 24.8. The van der Waals surface area contributed by atoms with Gasteiger partial charge >= 0.3 is 0 Å². The monoisotopic (exact) mass is 470 g/mol. The number of aryl methyl sites for hydroxylation is 1. The number of nitrogens with zero attached hydrogens (tertiary/aromatic N) is 4. The summed E-state index contributed by atoms with van der Waals surface area (Å²) in [5, 5.41) is 19.3. The van der Waals surface area contributed by atoms with Gasteiger partial charge in [0.15, 0.2) is 0 Å². The average molecular weight is 471 g/mol. The smallest absolute Gasteiger partial charge is 0.247 e. The Kier molecular flexibility index (Phi) is 7.48. The van der Waals surface area contributed by atoms with Gasteiger partial charge in [-0.15, -0.1) is 0 Å². The van der Waals surface area contributed by atoms with Crippen LogP contribution in [0.2, 0.25) is 0 Å². The van der Waals surface area contributed by atoms with Gasteiger partial charge in [-0.05, 0) is 54.2 Å². The van der Waals surface area contributed by atoms with E-state index < -0.39 is 11.9 Å². The summed E-state index contributed by atoms with van der Waals surface area (Å²) in [6.45, 7) is 2.26. The highest BCUT2D eigenvalue weighted by Crippen LogP contribution is 2.22. The van der Waals surface area contributed by atoms with Crippen molar-refractivity contribution < 1.29 is 9.18 Å². The van der Waals surface area contributed by atoms with E-state index in [0.29, 0.717) is 17.9 Å². The minimum atomic E-state index is -0.616. The van der Waals surface area contributed by atoms with E-state index >= 15 is 0 Å². The Morgan fingerprint density at radius 1 is 1.23 bits per heavy atom. The number of nitrogens with one attached hydrogen (secondary N) is 2. The second-order valence-electron chi connectivity index (χ2n) is 8.60. The Bertz CT molecular complexity index is 1300. The third kappa shape index (κ3) is 5.89. The molecule has 2 aromatic heterocycles. The van der Waals surface area contributed by atoms with Crippen LogP contribution in [-0.2, 0) is 11.8 Å². The number of amides is 1. The van der Waals surface area contributed by atoms with Gasteiger partial charge in [0.2, 0.25) is 5.91 Å². The first kappa shape index (κ1) is 24.0. The fraction of sp³-hybridized carbons (Fsp3) is 0.259. The van der Waals surface area contributed by atoms with Crippen molar-refractivity contribution in [2.24, 2.45) is 7.05 Å². The molecule has 0 radical (unpaired) electrons. The van der Waals surface area contributed by atoms with Crippen LogP contribution in [0, 0.1) is 17.1 Å². The Morgan fingerprint density at radius 3 is 2.71 bits per heavy atom. The van der Waals surface area contributed by atoms with Crippen LogP contribution in [0.15, 0.2) is 72.7 Å². The number of nitriles is 1. The zero-order valence-electron chi connectivity index (χ0n) is 19.7. The van der Waals surface area contributed by atoms with E-state index in [1.165, 1.54) is 6.07 Å². The number of carbonyl (C=O) groups excluding carboxylic acids is 1. The predicted molar refractivity (Wildman–Crippen MR) is 133 cm³/mol. The molecule has 0 spiro atoms. The number of carbonyl (C=O) groups is 1. The normalized spacial score (nSPS) is 14.6. The van der Waals surface area contributed by atoms with E-state index in [-0.39, 0.29) is 17.4 Å². The number of benzene rings is 1. The number of rotatable bonds is 8. The van der Waals surface area contributed by atoms with E-state index in [2.05, 4.69) is 20.7 Å². The van der Waals surface area contributed by atoms with Crippen molar-refractivity contribution in [3.63, 3.8) is 0 Å². The summed E-state index contributed by atoms with van der Waals surface area (Å²) in [7, 11) is 1.85. The van der Waals surface area contributed by atoms with Crippen LogP contribution in [0.25, 0.3) is 11.1 Å². The molecular weight excluding hydrogens is 443 g/mol. The largest absolute Gasteiger partial charge is 0.309 e. The highest BCUT2D eigenvalue weighted by atomic mass is 19.1. The molecule has 3 aromatic rings. The van der Waals surface area contributed by atoms with Gasteiger partial charge < -0.3 is 10.6 Å². The summed E-state index contributed by atoms with van der Waals surface area (Å²) in [5.41, 5.74) is 3.49. The molecule has 35 heavy (non-hydrogen) atoms. The zero-order valence-corrected chi connectivity index (χ0v) is 19.7. The van der Waals surface area contributed by atoms with Crippen LogP contribution in [0.5, 0.6) is 0 Å². The quantitative estimate of drug-likeness (QED) is 0.507. The first-order valence-corrected chi connectivity index (χ1v) is 11.5. The molecular formula is C27H27FN6O. The Balaban J connectivity index is 1.46. The molecule has 7 nitrogen and oxygen atoms in total. The number of hydrogen-bond donors (Lipinski definition) is 2. The van der Waals surface area contributed by atoms with Crippen LogP contribution in [-0.4, -0.2) is 33.3 Å². The molecule has 2 unspecified atom stereocenters. The summed E-state index contributed by atoms with van der Waals surface area (Å²) >= 11 is 0. The van der Waals surface area contributed by atoms with E-state index in [9.17, 15) is 9.18 Å². The van der Waals surface area contributed by atoms with Crippen molar-refractivity contribution in [2.45, 2.75) is 31.7 Å². The molecule has 0 saturated heterocycles. The van der Waals surface area contributed by atoms with E-state index in [4.69, 9.17) is 5.26 Å². The van der Waals surface area contributed by atoms with Gasteiger partial charge in [-0.2, -0.15) is 10.4 Å². The van der Waals surface area contributed by atoms with Crippen molar-refractivity contribution in [1.82, 2.24) is 20.1 Å². The summed E-state index contributed by atoms with van der Waals surface area (Å²) in [6.07, 6.45) is 13.2. The van der Waals surface area contributed by atoms with E-state index in [1.807, 2.05) is 50.5 Å². The lowest BCUT2D eigenvalue weighted by molar-refractivity contribution is -0.117. The molecule has 0 saturated carbocycles. The van der Waals surface area contributed by atoms with Gasteiger partial charge in [-0.1, -0.05) is 31.2 Å². The van der Waals surface area contributed by atoms with Crippen LogP contribution in [0.3, 0.4) is 0 Å². The molecule has 178 valence electrons. The van der Waals surface area contributed by atoms with Gasteiger partial charge in [0, 0.05) is 37.1 Å². The topological polar surface area (TPSA) is 95.6 Å². The van der Waals surface area contributed by atoms with Crippen LogP contribution in [0.1, 0.15) is 36.8 Å². The molecule has 2 heterocycles. The maximum absolute atomic E-state index is 14.5. The Hall–Kier alpha value is -4.09. The molecule has 8 heteroatoms. The standard InChI is InChI=1S/C27H27FN6O/c1-18(23-10-8-19(13-29)12-24(23)28)14-31-26(20-6-4-3-5-7-20)27(35)33-25-11-9-21(15-30-25)22-16-32-34(2)17-22/h4,6-12,15-18,26,31H,3,5,14H2,1-2H3,(H,30,33,35). The first-order chi connectivity index (χ1) is 16.9. The molecule has 1 amide bonds. The highest BCUT2D eigenvalue weighted by Gasteiger charge is 2.24. The fourth-order valence-electron chi connectivity index (χ4n) is 4.02. The number of hydrogen-bond acceptors (Lipinski definition) is 5. The molecule has 2 N–H and O–H groups in total. The van der Waals surface area contributed by atoms with Crippen molar-refractivity contribution in [3.05, 3.63) is 89.7 Å². The summed E-state index contributed by atoms with van der Waals surface area (Å²) in [4.78, 5) is 17.7. The highest BCUT2D eigenvalue weighted by molar-refractivity contribution is 5.96. The summed E-state index contributed by atoms with van der Waals surface area (Å²) in [6, 6.07) is 9.45. The lowest BCUT2D eigenvalue weighted by atomic mass is 9.96. The Morgan fingerprint density at radius 2 is 2.09 bits per heavy atom. The minimum Gasteiger partial charge on any atom is -0.309 e. The Labute approximate surface area is 204 Å². The third-order valence-electron chi connectivity index (χ3n) is 5.96. The van der Waals surface area contributed by atoms with Crippen molar-refractivity contribution in [2.75, 3.05) is 11.9 Å². The molecule has 0 fully saturated rings. The van der Waals surface area contributed by atoms with Crippen molar-refractivity contribution in [1.29, 1.82) is 5.26 Å². The van der Waals surface area contributed by atoms with E-state index in [1.54, 1.807) is 35.3 Å². The van der Waals surface area contributed by atoms with E-state index in [0.717, 1.165) is 29.5 Å². The van der Waals surface area contributed by atoms with Crippen molar-refractivity contribution in [3.8, 4) is 17.2 Å². The number of aromatic nitrogens is 3. The second-order valence-corrected chi connectivity index (χ2v) is 8.60. The van der Waals surface area contributed by atoms with Gasteiger partial charge in [0.1, 0.15) is 17.7 Å². The molecule has 0 aliphatic heterocycles. The number of allylic oxidation sites excluding steroid dienone is 2. The minimum absolute atomic E-state index is 0.205. The molecule has 4 rings (SSSR count). The van der Waals surface area contributed by atoms with Gasteiger partial charge in [-0.3, -0.25) is 9.48 Å². The lowest BCUT2D eigenvalue weighted by Crippen LogP contribution is -2.43. The second kappa shape index (κ2) is 10.9. The molecule has 1 aliphatic carbocycles. The van der Waals surface area contributed by atoms with Crippen LogP contribution in [0.4, 0.5) is 10.2 Å². The summed E-state index contributed by atoms with van der Waals surface area (Å²) in [5.74, 6) is -0.421. The average Bonchev–Trinajstić information content (AvgIpc) is 3.31. The number of pyridine rings is 1.